The van der Waals surface area contributed by atoms with Crippen molar-refractivity contribution in [1.29, 1.82) is 0 Å². The van der Waals surface area contributed by atoms with E-state index in [1.807, 2.05) is 0 Å². The number of benzene rings is 1. The summed E-state index contributed by atoms with van der Waals surface area (Å²) in [5, 5.41) is 3.46. The first-order chi connectivity index (χ1) is 13.6. The van der Waals surface area contributed by atoms with Gasteiger partial charge in [-0.1, -0.05) is 38.1 Å². The lowest BCUT2D eigenvalue weighted by Crippen LogP contribution is -2.40. The number of ether oxygens (including phenoxy) is 2. The third-order valence-corrected chi connectivity index (χ3v) is 5.24. The molecule has 1 saturated heterocycles. The number of likely N-dealkylation sites (tertiary alicyclic amines) is 1. The van der Waals surface area contributed by atoms with Gasteiger partial charge in [0.05, 0.1) is 19.8 Å². The molecule has 0 amide bonds. The van der Waals surface area contributed by atoms with Gasteiger partial charge in [0.15, 0.2) is 5.96 Å². The fourth-order valence-electron chi connectivity index (χ4n) is 3.52. The molecule has 28 heavy (non-hydrogen) atoms. The van der Waals surface area contributed by atoms with Crippen molar-refractivity contribution in [2.24, 2.45) is 10.9 Å². The van der Waals surface area contributed by atoms with Gasteiger partial charge in [0, 0.05) is 39.2 Å². The minimum absolute atomic E-state index is 0.584. The quantitative estimate of drug-likeness (QED) is 0.356. The monoisotopic (exact) mass is 389 g/mol. The normalized spacial score (nSPS) is 17.5. The summed E-state index contributed by atoms with van der Waals surface area (Å²) in [7, 11) is 1.71. The van der Waals surface area contributed by atoms with Crippen LogP contribution in [0.15, 0.2) is 29.3 Å². The molecule has 1 aromatic carbocycles. The van der Waals surface area contributed by atoms with Gasteiger partial charge in [0.1, 0.15) is 0 Å². The van der Waals surface area contributed by atoms with Gasteiger partial charge in [0.2, 0.25) is 0 Å². The molecule has 0 saturated carbocycles. The lowest BCUT2D eigenvalue weighted by Gasteiger charge is -2.21. The molecule has 5 heteroatoms. The summed E-state index contributed by atoms with van der Waals surface area (Å²) in [5.74, 6) is 2.23. The van der Waals surface area contributed by atoms with E-state index in [1.165, 1.54) is 17.5 Å². The van der Waals surface area contributed by atoms with E-state index in [0.29, 0.717) is 25.0 Å². The fourth-order valence-corrected chi connectivity index (χ4v) is 3.52. The number of nitrogens with one attached hydrogen (secondary N) is 1. The predicted molar refractivity (Wildman–Crippen MR) is 117 cm³/mol. The second kappa shape index (κ2) is 12.8. The molecular weight excluding hydrogens is 350 g/mol. The Bertz CT molecular complexity index is 572. The predicted octanol–water partition coefficient (Wildman–Crippen LogP) is 3.69. The lowest BCUT2D eigenvalue weighted by molar-refractivity contribution is 0.0536. The molecule has 0 spiro atoms. The van der Waals surface area contributed by atoms with E-state index in [9.17, 15) is 0 Å². The maximum Gasteiger partial charge on any atom is 0.193 e. The van der Waals surface area contributed by atoms with Crippen molar-refractivity contribution in [3.8, 4) is 0 Å². The second-order valence-electron chi connectivity index (χ2n) is 7.90. The molecule has 1 aliphatic heterocycles. The van der Waals surface area contributed by atoms with Gasteiger partial charge in [-0.15, -0.1) is 0 Å². The first-order valence-corrected chi connectivity index (χ1v) is 10.8. The highest BCUT2D eigenvalue weighted by Crippen LogP contribution is 2.17. The van der Waals surface area contributed by atoms with Crippen LogP contribution in [0.2, 0.25) is 0 Å². The molecule has 2 rings (SSSR count). The standard InChI is InChI=1S/C23H39N3O2/c1-5-24-23(26-14-12-21(17-26)18-28-16-15-27-4)25-13-6-7-20-8-10-22(11-9-20)19(2)3/h8-11,19,21H,5-7,12-18H2,1-4H3,(H,24,25). The van der Waals surface area contributed by atoms with Gasteiger partial charge in [-0.25, -0.2) is 0 Å². The van der Waals surface area contributed by atoms with E-state index in [2.05, 4.69) is 55.3 Å². The molecule has 1 aliphatic rings. The number of rotatable bonds is 11. The summed E-state index contributed by atoms with van der Waals surface area (Å²) >= 11 is 0. The zero-order valence-electron chi connectivity index (χ0n) is 18.2. The zero-order valence-corrected chi connectivity index (χ0v) is 18.2. The Morgan fingerprint density at radius 3 is 2.71 bits per heavy atom. The first kappa shape index (κ1) is 22.7. The molecule has 1 N–H and O–H groups in total. The summed E-state index contributed by atoms with van der Waals surface area (Å²) in [5.41, 5.74) is 2.81. The van der Waals surface area contributed by atoms with E-state index < -0.39 is 0 Å². The minimum atomic E-state index is 0.584. The lowest BCUT2D eigenvalue weighted by atomic mass is 10.0. The summed E-state index contributed by atoms with van der Waals surface area (Å²) in [6.07, 6.45) is 3.32. The Balaban J connectivity index is 1.75. The Morgan fingerprint density at radius 2 is 2.04 bits per heavy atom. The van der Waals surface area contributed by atoms with Crippen LogP contribution in [0.4, 0.5) is 0 Å². The van der Waals surface area contributed by atoms with Crippen molar-refractivity contribution in [3.63, 3.8) is 0 Å². The SMILES string of the molecule is CCNC(=NCCCc1ccc(C(C)C)cc1)N1CCC(COCCOC)C1. The van der Waals surface area contributed by atoms with Crippen molar-refractivity contribution in [2.45, 2.75) is 46.0 Å². The summed E-state index contributed by atoms with van der Waals surface area (Å²) < 4.78 is 10.7. The van der Waals surface area contributed by atoms with Crippen LogP contribution in [0.1, 0.15) is 50.7 Å². The number of hydrogen-bond donors (Lipinski definition) is 1. The maximum atomic E-state index is 5.70. The first-order valence-electron chi connectivity index (χ1n) is 10.8. The fraction of sp³-hybridized carbons (Fsp3) is 0.696. The summed E-state index contributed by atoms with van der Waals surface area (Å²) in [4.78, 5) is 7.25. The molecule has 1 fully saturated rings. The van der Waals surface area contributed by atoms with E-state index in [0.717, 1.165) is 51.6 Å². The minimum Gasteiger partial charge on any atom is -0.382 e. The Kier molecular flexibility index (Phi) is 10.4. The number of nitrogens with zero attached hydrogens (tertiary/aromatic N) is 2. The smallest absolute Gasteiger partial charge is 0.193 e. The summed E-state index contributed by atoms with van der Waals surface area (Å²) in [6.45, 7) is 12.6. The number of aliphatic imine (C=N–C) groups is 1. The molecular formula is C23H39N3O2. The number of guanidine groups is 1. The van der Waals surface area contributed by atoms with Crippen molar-refractivity contribution in [2.75, 3.05) is 53.1 Å². The average Bonchev–Trinajstić information content (AvgIpc) is 3.17. The highest BCUT2D eigenvalue weighted by Gasteiger charge is 2.24. The highest BCUT2D eigenvalue weighted by atomic mass is 16.5. The Hall–Kier alpha value is -1.59. The van der Waals surface area contributed by atoms with Gasteiger partial charge >= 0.3 is 0 Å². The second-order valence-corrected chi connectivity index (χ2v) is 7.90. The third kappa shape index (κ3) is 7.80. The number of hydrogen-bond acceptors (Lipinski definition) is 3. The highest BCUT2D eigenvalue weighted by molar-refractivity contribution is 5.80. The molecule has 0 aliphatic carbocycles. The van der Waals surface area contributed by atoms with Crippen LogP contribution in [0.5, 0.6) is 0 Å². The molecule has 158 valence electrons. The number of aryl methyl sites for hydroxylation is 1. The number of methoxy groups -OCH3 is 1. The zero-order chi connectivity index (χ0) is 20.2. The van der Waals surface area contributed by atoms with E-state index in [1.54, 1.807) is 7.11 Å². The molecule has 0 aromatic heterocycles. The van der Waals surface area contributed by atoms with E-state index in [-0.39, 0.29) is 0 Å². The van der Waals surface area contributed by atoms with Crippen LogP contribution < -0.4 is 5.32 Å². The molecule has 1 aromatic rings. The molecule has 1 heterocycles. The van der Waals surface area contributed by atoms with Crippen LogP contribution in [0, 0.1) is 5.92 Å². The van der Waals surface area contributed by atoms with Gasteiger partial charge in [0.25, 0.3) is 0 Å². The molecule has 0 bridgehead atoms. The van der Waals surface area contributed by atoms with Crippen molar-refractivity contribution < 1.29 is 9.47 Å². The van der Waals surface area contributed by atoms with Crippen LogP contribution in [-0.4, -0.2) is 64.0 Å². The Morgan fingerprint density at radius 1 is 1.25 bits per heavy atom. The third-order valence-electron chi connectivity index (χ3n) is 5.24. The van der Waals surface area contributed by atoms with Gasteiger partial charge in [-0.2, -0.15) is 0 Å². The molecule has 1 atom stereocenters. The van der Waals surface area contributed by atoms with Gasteiger partial charge < -0.3 is 19.7 Å². The van der Waals surface area contributed by atoms with Crippen LogP contribution in [0.25, 0.3) is 0 Å². The van der Waals surface area contributed by atoms with E-state index in [4.69, 9.17) is 14.5 Å². The van der Waals surface area contributed by atoms with E-state index >= 15 is 0 Å². The molecule has 0 radical (unpaired) electrons. The largest absolute Gasteiger partial charge is 0.382 e. The van der Waals surface area contributed by atoms with Gasteiger partial charge in [-0.05, 0) is 43.2 Å². The van der Waals surface area contributed by atoms with Crippen molar-refractivity contribution >= 4 is 5.96 Å². The van der Waals surface area contributed by atoms with Crippen LogP contribution >= 0.6 is 0 Å². The van der Waals surface area contributed by atoms with Crippen LogP contribution in [-0.2, 0) is 15.9 Å². The van der Waals surface area contributed by atoms with Crippen LogP contribution in [0.3, 0.4) is 0 Å². The molecule has 1 unspecified atom stereocenters. The topological polar surface area (TPSA) is 46.1 Å². The average molecular weight is 390 g/mol. The summed E-state index contributed by atoms with van der Waals surface area (Å²) in [6, 6.07) is 9.04. The van der Waals surface area contributed by atoms with Gasteiger partial charge in [-0.3, -0.25) is 4.99 Å². The van der Waals surface area contributed by atoms with Crippen molar-refractivity contribution in [1.82, 2.24) is 10.2 Å². The van der Waals surface area contributed by atoms with Crippen molar-refractivity contribution in [3.05, 3.63) is 35.4 Å². The maximum absolute atomic E-state index is 5.70. The Labute approximate surface area is 171 Å². The molecule has 5 nitrogen and oxygen atoms in total.